The molecule has 0 heterocycles. The summed E-state index contributed by atoms with van der Waals surface area (Å²) >= 11 is 0. The second kappa shape index (κ2) is 9.10. The first-order valence-corrected chi connectivity index (χ1v) is 14.5. The van der Waals surface area contributed by atoms with Crippen LogP contribution in [0.25, 0.3) is 21.9 Å². The molecule has 1 aliphatic carbocycles. The van der Waals surface area contributed by atoms with Gasteiger partial charge in [-0.2, -0.15) is 0 Å². The van der Waals surface area contributed by atoms with E-state index in [1.54, 1.807) is 0 Å². The molecule has 0 aliphatic heterocycles. The van der Waals surface area contributed by atoms with Crippen LogP contribution in [0, 0.1) is 0 Å². The fourth-order valence-electron chi connectivity index (χ4n) is 6.30. The molecule has 5 aromatic carbocycles. The van der Waals surface area contributed by atoms with Crippen molar-refractivity contribution in [1.82, 2.24) is 0 Å². The highest BCUT2D eigenvalue weighted by Gasteiger charge is 2.37. The monoisotopic (exact) mass is 523 g/mol. The van der Waals surface area contributed by atoms with Gasteiger partial charge in [-0.1, -0.05) is 122 Å². The minimum absolute atomic E-state index is 0.0808. The first-order chi connectivity index (χ1) is 18.9. The number of fused-ring (bicyclic) bond motifs is 5. The lowest BCUT2D eigenvalue weighted by atomic mass is 9.82. The Balaban J connectivity index is 1.52. The molecule has 1 heteroatoms. The van der Waals surface area contributed by atoms with E-state index in [1.807, 2.05) is 0 Å². The van der Waals surface area contributed by atoms with Gasteiger partial charge in [0, 0.05) is 22.5 Å². The van der Waals surface area contributed by atoms with E-state index < -0.39 is 0 Å². The molecule has 202 valence electrons. The van der Waals surface area contributed by atoms with E-state index in [-0.39, 0.29) is 16.2 Å². The van der Waals surface area contributed by atoms with Crippen molar-refractivity contribution < 1.29 is 0 Å². The van der Waals surface area contributed by atoms with Crippen LogP contribution in [0.3, 0.4) is 0 Å². The van der Waals surface area contributed by atoms with E-state index in [4.69, 9.17) is 0 Å². The molecule has 5 aromatic rings. The molecule has 0 saturated carbocycles. The third kappa shape index (κ3) is 4.33. The summed E-state index contributed by atoms with van der Waals surface area (Å²) in [5.41, 5.74) is 11.9. The van der Waals surface area contributed by atoms with Gasteiger partial charge >= 0.3 is 0 Å². The van der Waals surface area contributed by atoms with Gasteiger partial charge in [0.25, 0.3) is 0 Å². The largest absolute Gasteiger partial charge is 0.310 e. The number of hydrogen-bond donors (Lipinski definition) is 0. The highest BCUT2D eigenvalue weighted by molar-refractivity contribution is 6.03. The second-order valence-electron chi connectivity index (χ2n) is 14.0. The summed E-state index contributed by atoms with van der Waals surface area (Å²) in [7, 11) is 0. The Hall–Kier alpha value is -3.84. The number of rotatable bonds is 3. The lowest BCUT2D eigenvalue weighted by Crippen LogP contribution is -2.17. The predicted octanol–water partition coefficient (Wildman–Crippen LogP) is 11.2. The second-order valence-corrected chi connectivity index (χ2v) is 14.0. The Kier molecular flexibility index (Phi) is 6.00. The third-order valence-corrected chi connectivity index (χ3v) is 8.79. The minimum Gasteiger partial charge on any atom is -0.310 e. The summed E-state index contributed by atoms with van der Waals surface area (Å²) in [6.07, 6.45) is 0. The van der Waals surface area contributed by atoms with E-state index >= 15 is 0 Å². The van der Waals surface area contributed by atoms with Crippen LogP contribution in [-0.2, 0) is 16.2 Å². The maximum absolute atomic E-state index is 2.43. The lowest BCUT2D eigenvalue weighted by Gasteiger charge is -2.29. The van der Waals surface area contributed by atoms with Crippen LogP contribution >= 0.6 is 0 Å². The van der Waals surface area contributed by atoms with Gasteiger partial charge in [0.15, 0.2) is 0 Å². The molecule has 0 aromatic heterocycles. The van der Waals surface area contributed by atoms with Crippen molar-refractivity contribution in [2.45, 2.75) is 71.6 Å². The van der Waals surface area contributed by atoms with Crippen molar-refractivity contribution in [3.63, 3.8) is 0 Å². The van der Waals surface area contributed by atoms with Crippen molar-refractivity contribution in [1.29, 1.82) is 0 Å². The van der Waals surface area contributed by atoms with Crippen molar-refractivity contribution in [3.8, 4) is 11.1 Å². The van der Waals surface area contributed by atoms with Crippen molar-refractivity contribution in [2.75, 3.05) is 4.90 Å². The van der Waals surface area contributed by atoms with Gasteiger partial charge in [0.1, 0.15) is 0 Å². The Morgan fingerprint density at radius 3 is 1.60 bits per heavy atom. The normalized spacial score (nSPS) is 14.2. The zero-order chi connectivity index (χ0) is 28.4. The number of hydrogen-bond acceptors (Lipinski definition) is 1. The maximum atomic E-state index is 2.43. The summed E-state index contributed by atoms with van der Waals surface area (Å²) in [4.78, 5) is 2.41. The lowest BCUT2D eigenvalue weighted by molar-refractivity contribution is 0.590. The van der Waals surface area contributed by atoms with Gasteiger partial charge in [-0.25, -0.2) is 0 Å². The van der Waals surface area contributed by atoms with Gasteiger partial charge in [-0.05, 0) is 91.4 Å². The van der Waals surface area contributed by atoms with Crippen LogP contribution in [0.4, 0.5) is 17.1 Å². The SMILES string of the molecule is CC(C)(C)c1ccc(N(c2ccc(C(C)(C)C)cc2)c2ccc3c(c2)C(C)(C)c2ccc4ccccc4c2-3)cc1. The topological polar surface area (TPSA) is 3.24 Å². The van der Waals surface area contributed by atoms with E-state index in [0.717, 1.165) is 0 Å². The molecule has 0 N–H and O–H groups in total. The molecule has 1 aliphatic rings. The molecular formula is C39H41N. The van der Waals surface area contributed by atoms with E-state index in [2.05, 4.69) is 163 Å². The average Bonchev–Trinajstić information content (AvgIpc) is 3.15. The van der Waals surface area contributed by atoms with Crippen LogP contribution in [0.1, 0.15) is 77.6 Å². The van der Waals surface area contributed by atoms with Gasteiger partial charge in [-0.15, -0.1) is 0 Å². The Labute approximate surface area is 240 Å². The molecule has 0 saturated heterocycles. The number of anilines is 3. The first-order valence-electron chi connectivity index (χ1n) is 14.5. The van der Waals surface area contributed by atoms with Crippen molar-refractivity contribution in [2.24, 2.45) is 0 Å². The van der Waals surface area contributed by atoms with E-state index in [0.29, 0.717) is 0 Å². The summed E-state index contributed by atoms with van der Waals surface area (Å²) in [6, 6.07) is 38.7. The fraction of sp³-hybridized carbons (Fsp3) is 0.282. The van der Waals surface area contributed by atoms with Crippen LogP contribution in [-0.4, -0.2) is 0 Å². The van der Waals surface area contributed by atoms with Crippen LogP contribution in [0.2, 0.25) is 0 Å². The van der Waals surface area contributed by atoms with Crippen LogP contribution in [0.5, 0.6) is 0 Å². The fourth-order valence-corrected chi connectivity index (χ4v) is 6.30. The Morgan fingerprint density at radius 2 is 1.05 bits per heavy atom. The molecule has 0 amide bonds. The molecule has 0 fully saturated rings. The van der Waals surface area contributed by atoms with Gasteiger partial charge in [0.2, 0.25) is 0 Å². The predicted molar refractivity (Wildman–Crippen MR) is 174 cm³/mol. The summed E-state index contributed by atoms with van der Waals surface area (Å²) in [6.45, 7) is 18.4. The zero-order valence-corrected chi connectivity index (χ0v) is 25.3. The average molecular weight is 524 g/mol. The molecule has 6 rings (SSSR count). The molecule has 0 spiro atoms. The number of benzene rings is 5. The maximum Gasteiger partial charge on any atom is 0.0465 e. The standard InChI is InChI=1S/C39H41N/c1-37(2,3)27-14-18-29(19-15-27)40(30-20-16-28(17-21-30)38(4,5)6)31-22-23-33-35(25-31)39(7,8)34-24-13-26-11-9-10-12-32(26)36(33)34/h9-25H,1-8H3. The third-order valence-electron chi connectivity index (χ3n) is 8.79. The summed E-state index contributed by atoms with van der Waals surface area (Å²) in [5, 5.41) is 2.64. The molecule has 0 radical (unpaired) electrons. The van der Waals surface area contributed by atoms with Crippen LogP contribution in [0.15, 0.2) is 103 Å². The molecule has 0 atom stereocenters. The number of nitrogens with zero attached hydrogens (tertiary/aromatic N) is 1. The smallest absolute Gasteiger partial charge is 0.0465 e. The summed E-state index contributed by atoms with van der Waals surface area (Å²) in [5.74, 6) is 0. The Morgan fingerprint density at radius 1 is 0.525 bits per heavy atom. The van der Waals surface area contributed by atoms with E-state index in [1.165, 1.54) is 61.2 Å². The van der Waals surface area contributed by atoms with Crippen molar-refractivity contribution >= 4 is 27.8 Å². The summed E-state index contributed by atoms with van der Waals surface area (Å²) < 4.78 is 0. The minimum atomic E-state index is -0.0808. The van der Waals surface area contributed by atoms with E-state index in [9.17, 15) is 0 Å². The quantitative estimate of drug-likeness (QED) is 0.227. The zero-order valence-electron chi connectivity index (χ0n) is 25.3. The molecule has 1 nitrogen and oxygen atoms in total. The van der Waals surface area contributed by atoms with Crippen molar-refractivity contribution in [3.05, 3.63) is 125 Å². The van der Waals surface area contributed by atoms with Gasteiger partial charge < -0.3 is 4.90 Å². The van der Waals surface area contributed by atoms with Crippen LogP contribution < -0.4 is 4.90 Å². The highest BCUT2D eigenvalue weighted by Crippen LogP contribution is 2.53. The molecule has 0 bridgehead atoms. The Bertz CT molecular complexity index is 1650. The first kappa shape index (κ1) is 26.4. The molecular weight excluding hydrogens is 482 g/mol. The molecule has 40 heavy (non-hydrogen) atoms. The highest BCUT2D eigenvalue weighted by atomic mass is 15.1. The van der Waals surface area contributed by atoms with Gasteiger partial charge in [0.05, 0.1) is 0 Å². The molecule has 0 unspecified atom stereocenters. The van der Waals surface area contributed by atoms with Gasteiger partial charge in [-0.3, -0.25) is 0 Å².